The van der Waals surface area contributed by atoms with Crippen molar-refractivity contribution in [3.8, 4) is 10.7 Å². The zero-order chi connectivity index (χ0) is 13.4. The lowest BCUT2D eigenvalue weighted by Crippen LogP contribution is -2.18. The Morgan fingerprint density at radius 3 is 3.00 bits per heavy atom. The van der Waals surface area contributed by atoms with Gasteiger partial charge in [0.1, 0.15) is 0 Å². The fourth-order valence-electron chi connectivity index (χ4n) is 2.28. The van der Waals surface area contributed by atoms with Crippen LogP contribution in [0, 0.1) is 12.8 Å². The van der Waals surface area contributed by atoms with Crippen molar-refractivity contribution in [1.29, 1.82) is 0 Å². The Morgan fingerprint density at radius 1 is 1.63 bits per heavy atom. The van der Waals surface area contributed by atoms with Crippen molar-refractivity contribution in [2.45, 2.75) is 32.2 Å². The molecule has 19 heavy (non-hydrogen) atoms. The second-order valence-electron chi connectivity index (χ2n) is 4.88. The fraction of sp³-hybridized carbons (Fsp3) is 0.500. The first-order chi connectivity index (χ1) is 9.16. The van der Waals surface area contributed by atoms with Crippen LogP contribution in [-0.2, 0) is 4.79 Å². The van der Waals surface area contributed by atoms with Crippen molar-refractivity contribution in [3.05, 3.63) is 17.0 Å². The number of aliphatic carboxylic acids is 1. The number of carboxylic acids is 1. The molecule has 7 heteroatoms. The number of rotatable bonds is 5. The maximum absolute atomic E-state index is 11.0. The van der Waals surface area contributed by atoms with Gasteiger partial charge in [-0.3, -0.25) is 4.79 Å². The normalized spacial score (nSPS) is 16.5. The molecular weight excluding hydrogens is 264 g/mol. The summed E-state index contributed by atoms with van der Waals surface area (Å²) in [5.41, 5.74) is 1.12. The van der Waals surface area contributed by atoms with Gasteiger partial charge in [0, 0.05) is 0 Å². The van der Waals surface area contributed by atoms with Gasteiger partial charge in [-0.15, -0.1) is 16.4 Å². The zero-order valence-electron chi connectivity index (χ0n) is 10.5. The molecule has 3 rings (SSSR count). The van der Waals surface area contributed by atoms with E-state index in [4.69, 9.17) is 5.11 Å². The molecule has 1 aliphatic carbocycles. The van der Waals surface area contributed by atoms with Crippen LogP contribution in [0.25, 0.3) is 10.7 Å². The van der Waals surface area contributed by atoms with Gasteiger partial charge in [0.25, 0.3) is 0 Å². The molecular formula is C12H14N4O2S. The van der Waals surface area contributed by atoms with Crippen molar-refractivity contribution >= 4 is 17.3 Å². The Bertz CT molecular complexity index is 602. The maximum atomic E-state index is 11.0. The van der Waals surface area contributed by atoms with Crippen LogP contribution in [0.2, 0.25) is 0 Å². The first-order valence-electron chi connectivity index (χ1n) is 6.21. The van der Waals surface area contributed by atoms with E-state index in [2.05, 4.69) is 15.5 Å². The minimum absolute atomic E-state index is 0.0765. The number of aryl methyl sites for hydroxylation is 1. The van der Waals surface area contributed by atoms with E-state index >= 15 is 0 Å². The number of carboxylic acid groups (broad SMARTS) is 1. The van der Waals surface area contributed by atoms with Crippen LogP contribution in [0.15, 0.2) is 11.4 Å². The Morgan fingerprint density at radius 2 is 2.42 bits per heavy atom. The van der Waals surface area contributed by atoms with Crippen LogP contribution < -0.4 is 0 Å². The summed E-state index contributed by atoms with van der Waals surface area (Å²) >= 11 is 1.58. The molecule has 0 bridgehead atoms. The summed E-state index contributed by atoms with van der Waals surface area (Å²) < 4.78 is 1.70. The third-order valence-corrected chi connectivity index (χ3v) is 4.43. The van der Waals surface area contributed by atoms with Gasteiger partial charge in [-0.1, -0.05) is 0 Å². The lowest BCUT2D eigenvalue weighted by atomic mass is 10.1. The SMILES string of the molecule is Cc1ccsc1-c1nnnn1C(CC(=O)O)C1CC1. The predicted octanol–water partition coefficient (Wildman–Crippen LogP) is 2.14. The van der Waals surface area contributed by atoms with E-state index in [0.29, 0.717) is 11.7 Å². The average molecular weight is 278 g/mol. The van der Waals surface area contributed by atoms with Crippen molar-refractivity contribution in [2.24, 2.45) is 5.92 Å². The Balaban J connectivity index is 1.98. The second-order valence-corrected chi connectivity index (χ2v) is 5.80. The molecule has 1 unspecified atom stereocenters. The molecule has 0 aliphatic heterocycles. The highest BCUT2D eigenvalue weighted by molar-refractivity contribution is 7.13. The van der Waals surface area contributed by atoms with Crippen LogP contribution in [0.3, 0.4) is 0 Å². The molecule has 0 aromatic carbocycles. The Kier molecular flexibility index (Phi) is 3.06. The molecule has 1 N–H and O–H groups in total. The van der Waals surface area contributed by atoms with Crippen LogP contribution in [0.1, 0.15) is 30.9 Å². The lowest BCUT2D eigenvalue weighted by Gasteiger charge is -2.15. The van der Waals surface area contributed by atoms with Crippen molar-refractivity contribution in [2.75, 3.05) is 0 Å². The van der Waals surface area contributed by atoms with Gasteiger partial charge in [-0.05, 0) is 53.1 Å². The number of tetrazole rings is 1. The van der Waals surface area contributed by atoms with Crippen molar-refractivity contribution < 1.29 is 9.90 Å². The fourth-order valence-corrected chi connectivity index (χ4v) is 3.18. The van der Waals surface area contributed by atoms with Gasteiger partial charge in [0.05, 0.1) is 17.3 Å². The smallest absolute Gasteiger partial charge is 0.305 e. The molecule has 1 fully saturated rings. The molecule has 0 saturated heterocycles. The Hall–Kier alpha value is -1.76. The number of aromatic nitrogens is 4. The molecule has 6 nitrogen and oxygen atoms in total. The standard InChI is InChI=1S/C12H14N4O2S/c1-7-4-5-19-11(7)12-13-14-15-16(12)9(6-10(17)18)8-2-3-8/h4-5,8-9H,2-3,6H2,1H3,(H,17,18). The Labute approximate surface area is 114 Å². The number of thiophene rings is 1. The molecule has 1 atom stereocenters. The molecule has 0 radical (unpaired) electrons. The van der Waals surface area contributed by atoms with E-state index in [1.165, 1.54) is 0 Å². The third kappa shape index (κ3) is 2.37. The maximum Gasteiger partial charge on any atom is 0.305 e. The summed E-state index contributed by atoms with van der Waals surface area (Å²) in [7, 11) is 0. The molecule has 0 spiro atoms. The van der Waals surface area contributed by atoms with E-state index in [9.17, 15) is 4.79 Å². The van der Waals surface area contributed by atoms with Crippen LogP contribution in [0.4, 0.5) is 0 Å². The molecule has 1 saturated carbocycles. The quantitative estimate of drug-likeness (QED) is 0.906. The van der Waals surface area contributed by atoms with Crippen molar-refractivity contribution in [3.63, 3.8) is 0 Å². The highest BCUT2D eigenvalue weighted by Gasteiger charge is 2.36. The minimum Gasteiger partial charge on any atom is -0.481 e. The first kappa shape index (κ1) is 12.3. The number of hydrogen-bond acceptors (Lipinski definition) is 5. The largest absolute Gasteiger partial charge is 0.481 e. The topological polar surface area (TPSA) is 80.9 Å². The summed E-state index contributed by atoms with van der Waals surface area (Å²) in [4.78, 5) is 12.0. The van der Waals surface area contributed by atoms with Crippen LogP contribution in [0.5, 0.6) is 0 Å². The van der Waals surface area contributed by atoms with E-state index in [-0.39, 0.29) is 12.5 Å². The number of carbonyl (C=O) groups is 1. The monoisotopic (exact) mass is 278 g/mol. The molecule has 100 valence electrons. The van der Waals surface area contributed by atoms with E-state index in [1.54, 1.807) is 16.0 Å². The van der Waals surface area contributed by atoms with Gasteiger partial charge in [0.15, 0.2) is 5.82 Å². The number of hydrogen-bond donors (Lipinski definition) is 1. The molecule has 2 aromatic heterocycles. The van der Waals surface area contributed by atoms with Gasteiger partial charge in [-0.2, -0.15) is 0 Å². The highest BCUT2D eigenvalue weighted by Crippen LogP contribution is 2.43. The minimum atomic E-state index is -0.804. The summed E-state index contributed by atoms with van der Waals surface area (Å²) in [6.45, 7) is 2.01. The summed E-state index contributed by atoms with van der Waals surface area (Å²) in [5.74, 6) is 0.269. The van der Waals surface area contributed by atoms with E-state index in [0.717, 1.165) is 23.3 Å². The van der Waals surface area contributed by atoms with E-state index in [1.807, 2.05) is 18.4 Å². The average Bonchev–Trinajstić information content (AvgIpc) is 2.94. The van der Waals surface area contributed by atoms with E-state index < -0.39 is 5.97 Å². The number of nitrogens with zero attached hydrogens (tertiary/aromatic N) is 4. The summed E-state index contributed by atoms with van der Waals surface area (Å²) in [6.07, 6.45) is 2.19. The predicted molar refractivity (Wildman–Crippen MR) is 69.9 cm³/mol. The van der Waals surface area contributed by atoms with Crippen molar-refractivity contribution in [1.82, 2.24) is 20.2 Å². The van der Waals surface area contributed by atoms with Gasteiger partial charge in [0.2, 0.25) is 0 Å². The molecule has 2 heterocycles. The third-order valence-electron chi connectivity index (χ3n) is 3.42. The summed E-state index contributed by atoms with van der Waals surface area (Å²) in [6, 6.07) is 1.88. The summed E-state index contributed by atoms with van der Waals surface area (Å²) in [5, 5.41) is 22.9. The second kappa shape index (κ2) is 4.73. The molecule has 0 amide bonds. The molecule has 2 aromatic rings. The van der Waals surface area contributed by atoms with Crippen LogP contribution >= 0.6 is 11.3 Å². The van der Waals surface area contributed by atoms with Gasteiger partial charge < -0.3 is 5.11 Å². The van der Waals surface area contributed by atoms with Gasteiger partial charge in [-0.25, -0.2) is 4.68 Å². The molecule has 1 aliphatic rings. The van der Waals surface area contributed by atoms with Gasteiger partial charge >= 0.3 is 5.97 Å². The lowest BCUT2D eigenvalue weighted by molar-refractivity contribution is -0.138. The zero-order valence-corrected chi connectivity index (χ0v) is 11.3. The first-order valence-corrected chi connectivity index (χ1v) is 7.09. The highest BCUT2D eigenvalue weighted by atomic mass is 32.1. The van der Waals surface area contributed by atoms with Crippen LogP contribution in [-0.4, -0.2) is 31.3 Å².